The fourth-order valence-corrected chi connectivity index (χ4v) is 3.11. The summed E-state index contributed by atoms with van der Waals surface area (Å²) in [7, 11) is 0. The average Bonchev–Trinajstić information content (AvgIpc) is 3.22. The Morgan fingerprint density at radius 2 is 2.27 bits per heavy atom. The van der Waals surface area contributed by atoms with Crippen LogP contribution in [0.4, 0.5) is 5.69 Å². The summed E-state index contributed by atoms with van der Waals surface area (Å²) in [4.78, 5) is 23.1. The smallest absolute Gasteiger partial charge is 0.258 e. The van der Waals surface area contributed by atoms with Crippen LogP contribution in [0.25, 0.3) is 5.82 Å². The summed E-state index contributed by atoms with van der Waals surface area (Å²) in [5.74, 6) is 0.935. The Morgan fingerprint density at radius 1 is 1.38 bits per heavy atom. The maximum Gasteiger partial charge on any atom is 0.258 e. The quantitative estimate of drug-likeness (QED) is 0.709. The van der Waals surface area contributed by atoms with Crippen molar-refractivity contribution in [2.24, 2.45) is 0 Å². The van der Waals surface area contributed by atoms with Gasteiger partial charge in [0.1, 0.15) is 18.8 Å². The van der Waals surface area contributed by atoms with Crippen LogP contribution in [-0.2, 0) is 0 Å². The number of carbonyl (C=O) groups excluding carboxylic acids is 1. The molecule has 7 nitrogen and oxygen atoms in total. The number of hydrogen-bond donors (Lipinski definition) is 0. The van der Waals surface area contributed by atoms with Crippen LogP contribution in [0.2, 0.25) is 5.02 Å². The minimum Gasteiger partial charge on any atom is -0.485 e. The zero-order valence-corrected chi connectivity index (χ0v) is 14.8. The molecule has 3 heterocycles. The van der Waals surface area contributed by atoms with Gasteiger partial charge in [-0.05, 0) is 30.7 Å². The molecule has 0 fully saturated rings. The van der Waals surface area contributed by atoms with Gasteiger partial charge in [0, 0.05) is 11.8 Å². The van der Waals surface area contributed by atoms with Gasteiger partial charge in [0.2, 0.25) is 0 Å². The molecule has 0 saturated carbocycles. The molecule has 4 rings (SSSR count). The summed E-state index contributed by atoms with van der Waals surface area (Å²) in [6.07, 6.45) is 5.20. The molecule has 8 heteroatoms. The van der Waals surface area contributed by atoms with Crippen LogP contribution in [0.1, 0.15) is 23.7 Å². The fraction of sp³-hybridized carbons (Fsp3) is 0.222. The molecule has 0 spiro atoms. The number of amides is 1. The van der Waals surface area contributed by atoms with E-state index in [0.29, 0.717) is 34.4 Å². The molecule has 132 valence electrons. The predicted octanol–water partition coefficient (Wildman–Crippen LogP) is 3.13. The van der Waals surface area contributed by atoms with Crippen molar-refractivity contribution in [3.63, 3.8) is 0 Å². The van der Waals surface area contributed by atoms with E-state index in [-0.39, 0.29) is 12.0 Å². The Hall–Kier alpha value is -2.93. The van der Waals surface area contributed by atoms with Crippen LogP contribution in [0.3, 0.4) is 0 Å². The van der Waals surface area contributed by atoms with Crippen LogP contribution in [-0.4, -0.2) is 38.3 Å². The lowest BCUT2D eigenvalue weighted by atomic mass is 10.1. The first kappa shape index (κ1) is 16.5. The van der Waals surface area contributed by atoms with Gasteiger partial charge in [-0.15, -0.1) is 0 Å². The molecule has 3 aromatic rings. The number of nitrogens with zero attached hydrogens (tertiary/aromatic N) is 5. The SMILES string of the molecule is CC[C@@H]1CN(C(=O)c2ccnc(-n3cncn3)c2)c2cccc(Cl)c2O1. The molecule has 1 aromatic carbocycles. The van der Waals surface area contributed by atoms with Crippen molar-refractivity contribution in [1.82, 2.24) is 19.7 Å². The largest absolute Gasteiger partial charge is 0.485 e. The molecule has 1 atom stereocenters. The molecular weight excluding hydrogens is 354 g/mol. The Balaban J connectivity index is 1.73. The first-order chi connectivity index (χ1) is 12.7. The first-order valence-electron chi connectivity index (χ1n) is 8.25. The summed E-state index contributed by atoms with van der Waals surface area (Å²) in [6, 6.07) is 8.78. The predicted molar refractivity (Wildman–Crippen MR) is 97.0 cm³/mol. The minimum atomic E-state index is -0.140. The fourth-order valence-electron chi connectivity index (χ4n) is 2.90. The van der Waals surface area contributed by atoms with E-state index in [9.17, 15) is 4.79 Å². The molecule has 0 radical (unpaired) electrons. The summed E-state index contributed by atoms with van der Waals surface area (Å²) in [6.45, 7) is 2.48. The Bertz CT molecular complexity index is 945. The number of anilines is 1. The lowest BCUT2D eigenvalue weighted by Crippen LogP contribution is -2.43. The number of hydrogen-bond acceptors (Lipinski definition) is 5. The van der Waals surface area contributed by atoms with Crippen LogP contribution in [0, 0.1) is 0 Å². The number of carbonyl (C=O) groups is 1. The van der Waals surface area contributed by atoms with Crippen molar-refractivity contribution in [3.05, 3.63) is 59.8 Å². The first-order valence-corrected chi connectivity index (χ1v) is 8.63. The number of pyridine rings is 1. The normalized spacial score (nSPS) is 16.1. The van der Waals surface area contributed by atoms with Crippen molar-refractivity contribution in [1.29, 1.82) is 0 Å². The third-order valence-corrected chi connectivity index (χ3v) is 4.55. The van der Waals surface area contributed by atoms with Crippen molar-refractivity contribution in [2.45, 2.75) is 19.4 Å². The van der Waals surface area contributed by atoms with Gasteiger partial charge in [-0.2, -0.15) is 5.10 Å². The summed E-state index contributed by atoms with van der Waals surface area (Å²) in [5.41, 5.74) is 1.18. The van der Waals surface area contributed by atoms with Gasteiger partial charge < -0.3 is 9.64 Å². The van der Waals surface area contributed by atoms with E-state index in [2.05, 4.69) is 15.1 Å². The Morgan fingerprint density at radius 3 is 3.04 bits per heavy atom. The maximum atomic E-state index is 13.2. The number of rotatable bonds is 3. The minimum absolute atomic E-state index is 0.108. The second-order valence-electron chi connectivity index (χ2n) is 5.89. The third kappa shape index (κ3) is 2.90. The lowest BCUT2D eigenvalue weighted by Gasteiger charge is -2.35. The average molecular weight is 370 g/mol. The van der Waals surface area contributed by atoms with E-state index < -0.39 is 0 Å². The molecule has 2 aromatic heterocycles. The third-order valence-electron chi connectivity index (χ3n) is 4.25. The molecule has 1 aliphatic heterocycles. The number of benzene rings is 1. The molecule has 0 aliphatic carbocycles. The number of ether oxygens (including phenoxy) is 1. The highest BCUT2D eigenvalue weighted by atomic mass is 35.5. The Labute approximate surface area is 155 Å². The Kier molecular flexibility index (Phi) is 4.30. The molecular formula is C18H16ClN5O2. The summed E-state index contributed by atoms with van der Waals surface area (Å²) >= 11 is 6.28. The van der Waals surface area contributed by atoms with Crippen LogP contribution in [0.5, 0.6) is 5.75 Å². The van der Waals surface area contributed by atoms with Crippen molar-refractivity contribution < 1.29 is 9.53 Å². The summed E-state index contributed by atoms with van der Waals surface area (Å²) in [5, 5.41) is 4.55. The molecule has 1 amide bonds. The molecule has 26 heavy (non-hydrogen) atoms. The van der Waals surface area contributed by atoms with E-state index in [4.69, 9.17) is 16.3 Å². The van der Waals surface area contributed by atoms with Crippen LogP contribution < -0.4 is 9.64 Å². The van der Waals surface area contributed by atoms with Gasteiger partial charge in [0.25, 0.3) is 5.91 Å². The number of fused-ring (bicyclic) bond motifs is 1. The molecule has 0 N–H and O–H groups in total. The van der Waals surface area contributed by atoms with Crippen LogP contribution >= 0.6 is 11.6 Å². The van der Waals surface area contributed by atoms with E-state index in [0.717, 1.165) is 6.42 Å². The zero-order chi connectivity index (χ0) is 18.1. The molecule has 0 saturated heterocycles. The zero-order valence-electron chi connectivity index (χ0n) is 14.0. The highest BCUT2D eigenvalue weighted by molar-refractivity contribution is 6.32. The van der Waals surface area contributed by atoms with E-state index in [1.54, 1.807) is 29.3 Å². The van der Waals surface area contributed by atoms with Gasteiger partial charge in [-0.3, -0.25) is 4.79 Å². The summed E-state index contributed by atoms with van der Waals surface area (Å²) < 4.78 is 7.46. The van der Waals surface area contributed by atoms with E-state index in [1.165, 1.54) is 17.3 Å². The van der Waals surface area contributed by atoms with Gasteiger partial charge in [-0.25, -0.2) is 14.6 Å². The standard InChI is InChI=1S/C18H16ClN5O2/c1-2-13-9-23(15-5-3-4-14(19)17(15)26-13)18(25)12-6-7-21-16(8-12)24-11-20-10-22-24/h3-8,10-11,13H,2,9H2,1H3/t13-/m1/s1. The van der Waals surface area contributed by atoms with Crippen LogP contribution in [0.15, 0.2) is 49.2 Å². The van der Waals surface area contributed by atoms with Gasteiger partial charge in [0.15, 0.2) is 11.6 Å². The number of para-hydroxylation sites is 1. The second kappa shape index (κ2) is 6.76. The van der Waals surface area contributed by atoms with Gasteiger partial charge in [0.05, 0.1) is 17.3 Å². The number of aromatic nitrogens is 4. The highest BCUT2D eigenvalue weighted by Gasteiger charge is 2.31. The van der Waals surface area contributed by atoms with Gasteiger partial charge in [-0.1, -0.05) is 24.6 Å². The topological polar surface area (TPSA) is 73.1 Å². The monoisotopic (exact) mass is 369 g/mol. The van der Waals surface area contributed by atoms with Gasteiger partial charge >= 0.3 is 0 Å². The molecule has 0 unspecified atom stereocenters. The van der Waals surface area contributed by atoms with Crippen molar-refractivity contribution in [2.75, 3.05) is 11.4 Å². The lowest BCUT2D eigenvalue weighted by molar-refractivity contribution is 0.0954. The molecule has 0 bridgehead atoms. The van der Waals surface area contributed by atoms with E-state index >= 15 is 0 Å². The highest BCUT2D eigenvalue weighted by Crippen LogP contribution is 2.40. The van der Waals surface area contributed by atoms with E-state index in [1.807, 2.05) is 19.1 Å². The maximum absolute atomic E-state index is 13.2. The van der Waals surface area contributed by atoms with Crippen molar-refractivity contribution >= 4 is 23.2 Å². The number of halogens is 1. The molecule has 1 aliphatic rings. The van der Waals surface area contributed by atoms with Crippen molar-refractivity contribution in [3.8, 4) is 11.6 Å². The second-order valence-corrected chi connectivity index (χ2v) is 6.30.